The van der Waals surface area contributed by atoms with Crippen molar-refractivity contribution in [1.82, 2.24) is 0 Å². The third-order valence-electron chi connectivity index (χ3n) is 4.38. The number of hydrogen-bond acceptors (Lipinski definition) is 16. The van der Waals surface area contributed by atoms with Crippen molar-refractivity contribution in [2.45, 2.75) is 69.2 Å². The average molecular weight is 954 g/mol. The van der Waals surface area contributed by atoms with Gasteiger partial charge in [-0.25, -0.2) is 6.57 Å². The highest BCUT2D eigenvalue weighted by atomic mass is 127. The average Bonchev–Trinajstić information content (AvgIpc) is 3.12. The van der Waals surface area contributed by atoms with Crippen molar-refractivity contribution < 1.29 is 53.9 Å². The van der Waals surface area contributed by atoms with Crippen molar-refractivity contribution in [3.05, 3.63) is 11.4 Å². The molecule has 0 atom stereocenters. The van der Waals surface area contributed by atoms with Crippen LogP contribution in [0, 0.1) is 47.5 Å². The van der Waals surface area contributed by atoms with Crippen molar-refractivity contribution in [2.24, 2.45) is 52.5 Å². The van der Waals surface area contributed by atoms with Gasteiger partial charge in [-0.3, -0.25) is 4.85 Å². The molecule has 0 heterocycles. The van der Waals surface area contributed by atoms with Gasteiger partial charge in [-0.1, -0.05) is 69.2 Å². The Balaban J connectivity index is -0.0000000696. The smallest absolute Gasteiger partial charge is 0.355 e. The normalized spacial score (nSPS) is 9.82. The van der Waals surface area contributed by atoms with E-state index in [1.54, 1.807) is 0 Å². The highest BCUT2D eigenvalue weighted by Crippen LogP contribution is 1.96. The molecule has 0 rings (SSSR count). The van der Waals surface area contributed by atoms with Crippen LogP contribution in [0.2, 0.25) is 0 Å². The number of aliphatic hydroxyl groups is 1. The Morgan fingerprint density at radius 3 is 0.875 bits per heavy atom. The first-order valence-corrected chi connectivity index (χ1v) is 18.7. The Bertz CT molecular complexity index is 688. The maximum Gasteiger partial charge on any atom is 1.00 e. The van der Waals surface area contributed by atoms with Crippen LogP contribution in [0.3, 0.4) is 0 Å². The summed E-state index contributed by atoms with van der Waals surface area (Å²) in [6.07, 6.45) is 0. The zero-order chi connectivity index (χ0) is 42.5. The molecule has 0 aromatic carbocycles. The molecule has 0 unspecified atom stereocenters. The van der Waals surface area contributed by atoms with Gasteiger partial charge < -0.3 is 75.4 Å². The summed E-state index contributed by atoms with van der Waals surface area (Å²) in [6, 6.07) is 1.85. The first kappa shape index (κ1) is 73.0. The molecule has 0 fully saturated rings. The van der Waals surface area contributed by atoms with Crippen molar-refractivity contribution in [1.29, 1.82) is 5.26 Å². The van der Waals surface area contributed by atoms with Crippen molar-refractivity contribution in [2.75, 3.05) is 133 Å². The topological polar surface area (TPSA) is 245 Å². The molecule has 0 spiro atoms. The Hall–Kier alpha value is -0.600. The zero-order valence-corrected chi connectivity index (χ0v) is 39.7. The van der Waals surface area contributed by atoms with E-state index in [0.717, 1.165) is 26.4 Å². The number of nitrogens with zero attached hydrogens (tertiary/aromatic N) is 2. The van der Waals surface area contributed by atoms with Crippen LogP contribution in [0.5, 0.6) is 0 Å². The number of nitrogens with two attached hydrogens (primary N) is 4. The molecule has 0 amide bonds. The summed E-state index contributed by atoms with van der Waals surface area (Å²) in [5.74, 6) is 2.85. The van der Waals surface area contributed by atoms with Gasteiger partial charge in [0.05, 0.1) is 65.5 Å². The van der Waals surface area contributed by atoms with Crippen LogP contribution in [-0.2, 0) is 47.4 Å². The molecule has 0 aliphatic heterocycles. The lowest BCUT2D eigenvalue weighted by atomic mass is 10.2. The zero-order valence-electron chi connectivity index (χ0n) is 37.6. The predicted molar refractivity (Wildman–Crippen MR) is 237 cm³/mol. The van der Waals surface area contributed by atoms with Gasteiger partial charge in [0.25, 0.3) is 0 Å². The van der Waals surface area contributed by atoms with Gasteiger partial charge in [0.2, 0.25) is 0 Å². The Kier molecular flexibility index (Phi) is 93.9. The second-order valence-corrected chi connectivity index (χ2v) is 13.0. The number of nitriles is 1. The largest absolute Gasteiger partial charge is 1.00 e. The Labute approximate surface area is 366 Å². The lowest BCUT2D eigenvalue weighted by Gasteiger charge is -2.08. The first-order chi connectivity index (χ1) is 25.8. The third kappa shape index (κ3) is 117. The first-order valence-electron chi connectivity index (χ1n) is 18.7. The van der Waals surface area contributed by atoms with E-state index in [4.69, 9.17) is 87.2 Å². The predicted octanol–water partition coefficient (Wildman–Crippen LogP) is 4.53. The fourth-order valence-electron chi connectivity index (χ4n) is 2.37. The summed E-state index contributed by atoms with van der Waals surface area (Å²) in [4.78, 5) is 2.54. The number of ether oxygens (including phenoxy) is 10. The van der Waals surface area contributed by atoms with Crippen LogP contribution in [-0.4, -0.2) is 138 Å². The van der Waals surface area contributed by atoms with Crippen LogP contribution in [0.15, 0.2) is 0 Å². The molecular formula is C37H87ClIN6O11+. The van der Waals surface area contributed by atoms with Crippen LogP contribution in [0.25, 0.3) is 4.85 Å². The summed E-state index contributed by atoms with van der Waals surface area (Å²) in [5.41, 5.74) is 20.7. The van der Waals surface area contributed by atoms with E-state index in [-0.39, 0.29) is 57.9 Å². The standard InChI is InChI=1S/C9H20O2.2C7H17NO2.C7H13NO2.C5H14N2O2.C2H3NO.ClH.HI/c1-8(2)5-10-7-11-6-9(3)4;3*1-7(2)5-10-6-9-4-3-8;6-1-3-8-5-9-4-2-7;1-3-2-4;;/h8-9H,5-7H2,1-4H3;2*7H,3-6,8H2,1-2H3;7H,4-6H2,1-2H3;1-7H2;4H,2H2;2*1H/p+1. The molecule has 19 heteroatoms. The number of rotatable bonds is 29. The van der Waals surface area contributed by atoms with Gasteiger partial charge in [-0.15, -0.1) is 36.4 Å². The van der Waals surface area contributed by atoms with Crippen LogP contribution in [0.1, 0.15) is 70.7 Å². The van der Waals surface area contributed by atoms with E-state index in [2.05, 4.69) is 74.1 Å². The van der Waals surface area contributed by atoms with Gasteiger partial charge >= 0.3 is 8.16 Å². The molecule has 0 saturated heterocycles. The van der Waals surface area contributed by atoms with Gasteiger partial charge in [0.1, 0.15) is 40.6 Å². The molecule has 17 nitrogen and oxygen atoms in total. The molecule has 9 N–H and O–H groups in total. The molecule has 0 aliphatic rings. The van der Waals surface area contributed by atoms with E-state index in [9.17, 15) is 0 Å². The van der Waals surface area contributed by atoms with E-state index in [0.29, 0.717) is 116 Å². The molecular weight excluding hydrogens is 867 g/mol. The summed E-state index contributed by atoms with van der Waals surface area (Å²) >= 11 is 0. The number of aliphatic hydroxyl groups excluding tert-OH is 1. The Morgan fingerprint density at radius 1 is 0.500 bits per heavy atom. The molecule has 0 aliphatic carbocycles. The second-order valence-electron chi connectivity index (χ2n) is 13.0. The molecule has 56 heavy (non-hydrogen) atoms. The fraction of sp³-hybridized carbons (Fsp3) is 0.946. The van der Waals surface area contributed by atoms with Crippen LogP contribution in [0.4, 0.5) is 0 Å². The number of hydrogen-bond donors (Lipinski definition) is 5. The number of halogens is 2. The summed E-state index contributed by atoms with van der Waals surface area (Å²) in [5, 5.41) is 15.6. The monoisotopic (exact) mass is 954 g/mol. The van der Waals surface area contributed by atoms with Gasteiger partial charge in [-0.05, 0) is 29.6 Å². The molecule has 0 aromatic rings. The minimum Gasteiger partial charge on any atom is -0.355 e. The second kappa shape index (κ2) is 72.1. The van der Waals surface area contributed by atoms with Crippen molar-refractivity contribution in [3.8, 4) is 6.07 Å². The summed E-state index contributed by atoms with van der Waals surface area (Å²) < 4.78 is 50.2. The lowest BCUT2D eigenvalue weighted by molar-refractivity contribution is -0.0687. The lowest BCUT2D eigenvalue weighted by Crippen LogP contribution is -2.14. The van der Waals surface area contributed by atoms with E-state index in [1.165, 1.54) is 0 Å². The van der Waals surface area contributed by atoms with Gasteiger partial charge in [0.15, 0.2) is 0 Å². The quantitative estimate of drug-likeness (QED) is 0.0299. The minimum absolute atomic E-state index is 0. The highest BCUT2D eigenvalue weighted by Gasteiger charge is 1.96. The minimum atomic E-state index is -0.389. The van der Waals surface area contributed by atoms with Crippen LogP contribution >= 0.6 is 36.4 Å². The molecule has 0 bridgehead atoms. The van der Waals surface area contributed by atoms with E-state index >= 15 is 0 Å². The fourth-order valence-corrected chi connectivity index (χ4v) is 2.37. The van der Waals surface area contributed by atoms with Crippen molar-refractivity contribution >= 4 is 36.4 Å². The van der Waals surface area contributed by atoms with Crippen LogP contribution < -0.4 is 22.9 Å². The maximum absolute atomic E-state index is 8.04. The van der Waals surface area contributed by atoms with Gasteiger partial charge in [-0.2, -0.15) is 5.26 Å². The molecule has 0 radical (unpaired) electrons. The molecule has 0 saturated carbocycles. The SMILES string of the molecule is CC(C)COCOCC#N.CC(C)COCOCC(C)C.CC(C)COCOCCN.CC(C)COCOCCN.Cl.I.NCCOCOCCN.[C-]#[N+]CO.[H+]. The van der Waals surface area contributed by atoms with E-state index < -0.39 is 0 Å². The third-order valence-corrected chi connectivity index (χ3v) is 4.38. The summed E-state index contributed by atoms with van der Waals surface area (Å²) in [6.45, 7) is 36.5. The molecule has 344 valence electrons. The highest BCUT2D eigenvalue weighted by molar-refractivity contribution is 14.0. The van der Waals surface area contributed by atoms with Gasteiger partial charge in [0, 0.05) is 26.2 Å². The van der Waals surface area contributed by atoms with E-state index in [1.807, 2.05) is 6.07 Å². The summed E-state index contributed by atoms with van der Waals surface area (Å²) in [7, 11) is 0. The Morgan fingerprint density at radius 2 is 0.696 bits per heavy atom. The molecule has 0 aromatic heterocycles. The van der Waals surface area contributed by atoms with Crippen molar-refractivity contribution in [3.63, 3.8) is 0 Å². The maximum atomic E-state index is 8.04.